The third-order valence-corrected chi connectivity index (χ3v) is 4.32. The van der Waals surface area contributed by atoms with Gasteiger partial charge in [-0.2, -0.15) is 0 Å². The van der Waals surface area contributed by atoms with Crippen molar-refractivity contribution in [1.29, 1.82) is 0 Å². The molecule has 0 heterocycles. The third kappa shape index (κ3) is 8.61. The summed E-state index contributed by atoms with van der Waals surface area (Å²) in [4.78, 5) is 0. The lowest BCUT2D eigenvalue weighted by Crippen LogP contribution is -2.14. The summed E-state index contributed by atoms with van der Waals surface area (Å²) in [5.41, 5.74) is 10.2. The van der Waals surface area contributed by atoms with Crippen molar-refractivity contribution >= 4 is 36.6 Å². The molecule has 0 aromatic rings. The summed E-state index contributed by atoms with van der Waals surface area (Å²) >= 11 is 0. The van der Waals surface area contributed by atoms with Crippen molar-refractivity contribution in [3.05, 3.63) is 0 Å². The molecule has 0 aliphatic carbocycles. The Morgan fingerprint density at radius 1 is 1.18 bits per heavy atom. The number of nitrogens with two attached hydrogens (primary N) is 2. The Hall–Kier alpha value is 0.700. The van der Waals surface area contributed by atoms with Crippen molar-refractivity contribution in [3.63, 3.8) is 0 Å². The lowest BCUT2D eigenvalue weighted by Gasteiger charge is -1.98. The SMILES string of the molecule is Br.NCCSS(=O)(=O)CCN. The predicted octanol–water partition coefficient (Wildman–Crippen LogP) is -0.455. The maximum atomic E-state index is 10.8. The highest BCUT2D eigenvalue weighted by atomic mass is 79.9. The van der Waals surface area contributed by atoms with Crippen LogP contribution in [0.25, 0.3) is 0 Å². The maximum absolute atomic E-state index is 10.8. The van der Waals surface area contributed by atoms with E-state index in [0.29, 0.717) is 12.3 Å². The van der Waals surface area contributed by atoms with Gasteiger partial charge in [0.15, 0.2) is 0 Å². The average molecular weight is 265 g/mol. The first kappa shape index (κ1) is 14.2. The van der Waals surface area contributed by atoms with Gasteiger partial charge in [0.25, 0.3) is 0 Å². The minimum Gasteiger partial charge on any atom is -0.330 e. The molecule has 7 heteroatoms. The Bertz CT molecular complexity index is 171. The second-order valence-corrected chi connectivity index (χ2v) is 6.06. The lowest BCUT2D eigenvalue weighted by atomic mass is 10.8. The highest BCUT2D eigenvalue weighted by molar-refractivity contribution is 8.93. The predicted molar refractivity (Wildman–Crippen MR) is 54.7 cm³/mol. The zero-order valence-corrected chi connectivity index (χ0v) is 9.37. The van der Waals surface area contributed by atoms with Crippen LogP contribution < -0.4 is 11.5 Å². The van der Waals surface area contributed by atoms with Crippen LogP contribution in [0.15, 0.2) is 0 Å². The van der Waals surface area contributed by atoms with E-state index in [2.05, 4.69) is 0 Å². The van der Waals surface area contributed by atoms with Gasteiger partial charge in [0.05, 0.1) is 5.75 Å². The summed E-state index contributed by atoms with van der Waals surface area (Å²) in [6.07, 6.45) is 0. The van der Waals surface area contributed by atoms with Crippen LogP contribution in [0.1, 0.15) is 0 Å². The van der Waals surface area contributed by atoms with Crippen molar-refractivity contribution in [1.82, 2.24) is 0 Å². The molecule has 4 nitrogen and oxygen atoms in total. The van der Waals surface area contributed by atoms with Crippen molar-refractivity contribution in [2.45, 2.75) is 0 Å². The third-order valence-electron chi connectivity index (χ3n) is 0.749. The lowest BCUT2D eigenvalue weighted by molar-refractivity contribution is 0.610. The van der Waals surface area contributed by atoms with E-state index < -0.39 is 8.87 Å². The smallest absolute Gasteiger partial charge is 0.202 e. The molecule has 0 radical (unpaired) electrons. The molecule has 0 aliphatic rings. The van der Waals surface area contributed by atoms with E-state index in [9.17, 15) is 8.42 Å². The van der Waals surface area contributed by atoms with Crippen LogP contribution in [0.2, 0.25) is 0 Å². The molecule has 0 aliphatic heterocycles. The monoisotopic (exact) mass is 264 g/mol. The van der Waals surface area contributed by atoms with Crippen LogP contribution in [0.4, 0.5) is 0 Å². The topological polar surface area (TPSA) is 86.2 Å². The molecule has 0 aromatic heterocycles. The minimum atomic E-state index is -2.98. The molecule has 0 atom stereocenters. The number of hydrogen-bond acceptors (Lipinski definition) is 5. The van der Waals surface area contributed by atoms with Crippen LogP contribution >= 0.6 is 27.8 Å². The second-order valence-electron chi connectivity index (χ2n) is 1.66. The first-order chi connectivity index (χ1) is 4.62. The second kappa shape index (κ2) is 7.35. The number of halogens is 1. The van der Waals surface area contributed by atoms with E-state index in [1.54, 1.807) is 0 Å². The number of hydrogen-bond donors (Lipinski definition) is 2. The summed E-state index contributed by atoms with van der Waals surface area (Å²) in [5.74, 6) is 0.486. The summed E-state index contributed by atoms with van der Waals surface area (Å²) in [5, 5.41) is 0. The first-order valence-electron chi connectivity index (χ1n) is 2.89. The molecule has 0 amide bonds. The Balaban J connectivity index is 0. The fourth-order valence-electron chi connectivity index (χ4n) is 0.378. The van der Waals surface area contributed by atoms with Gasteiger partial charge < -0.3 is 11.5 Å². The van der Waals surface area contributed by atoms with Crippen molar-refractivity contribution in [2.75, 3.05) is 24.6 Å². The zero-order valence-electron chi connectivity index (χ0n) is 6.02. The first-order valence-corrected chi connectivity index (χ1v) is 6.05. The summed E-state index contributed by atoms with van der Waals surface area (Å²) in [7, 11) is -2.11. The fraction of sp³-hybridized carbons (Fsp3) is 1.00. The van der Waals surface area contributed by atoms with Gasteiger partial charge in [-0.25, -0.2) is 8.42 Å². The quantitative estimate of drug-likeness (QED) is 0.657. The minimum absolute atomic E-state index is 0. The largest absolute Gasteiger partial charge is 0.330 e. The summed E-state index contributed by atoms with van der Waals surface area (Å²) < 4.78 is 21.6. The van der Waals surface area contributed by atoms with Crippen LogP contribution in [0.3, 0.4) is 0 Å². The van der Waals surface area contributed by atoms with Gasteiger partial charge in [0.2, 0.25) is 8.87 Å². The van der Waals surface area contributed by atoms with Crippen molar-refractivity contribution in [3.8, 4) is 0 Å². The Morgan fingerprint density at radius 3 is 2.09 bits per heavy atom. The molecule has 0 bridgehead atoms. The van der Waals surface area contributed by atoms with E-state index in [-0.39, 0.29) is 29.3 Å². The van der Waals surface area contributed by atoms with Gasteiger partial charge in [-0.15, -0.1) is 17.0 Å². The molecule has 11 heavy (non-hydrogen) atoms. The van der Waals surface area contributed by atoms with Gasteiger partial charge in [0.1, 0.15) is 0 Å². The van der Waals surface area contributed by atoms with Crippen molar-refractivity contribution in [2.24, 2.45) is 11.5 Å². The molecular formula is C4H13BrN2O2S2. The van der Waals surface area contributed by atoms with Crippen LogP contribution in [-0.2, 0) is 8.87 Å². The summed E-state index contributed by atoms with van der Waals surface area (Å²) in [6.45, 7) is 0.564. The van der Waals surface area contributed by atoms with E-state index in [1.807, 2.05) is 0 Å². The van der Waals surface area contributed by atoms with Gasteiger partial charge in [-0.1, -0.05) is 0 Å². The fourth-order valence-corrected chi connectivity index (χ4v) is 2.83. The van der Waals surface area contributed by atoms with E-state index in [0.717, 1.165) is 10.8 Å². The molecule has 0 unspecified atom stereocenters. The molecule has 0 fully saturated rings. The average Bonchev–Trinajstić information content (AvgIpc) is 1.84. The standard InChI is InChI=1S/C4H12N2O2S2.BrH/c5-1-3-9-10(7,8)4-2-6;/h1-6H2;1H. The molecule has 0 spiro atoms. The normalized spacial score (nSPS) is 10.7. The Kier molecular flexibility index (Phi) is 9.52. The summed E-state index contributed by atoms with van der Waals surface area (Å²) in [6, 6.07) is 0. The molecule has 70 valence electrons. The molecule has 4 N–H and O–H groups in total. The molecular weight excluding hydrogens is 252 g/mol. The van der Waals surface area contributed by atoms with E-state index >= 15 is 0 Å². The highest BCUT2D eigenvalue weighted by Gasteiger charge is 2.07. The number of rotatable bonds is 5. The van der Waals surface area contributed by atoms with Crippen LogP contribution in [-0.4, -0.2) is 33.0 Å². The molecule has 0 aromatic carbocycles. The van der Waals surface area contributed by atoms with Gasteiger partial charge >= 0.3 is 0 Å². The Labute approximate surface area is 81.2 Å². The van der Waals surface area contributed by atoms with Gasteiger partial charge in [0, 0.05) is 18.8 Å². The van der Waals surface area contributed by atoms with E-state index in [4.69, 9.17) is 11.5 Å². The van der Waals surface area contributed by atoms with Gasteiger partial charge in [-0.05, 0) is 10.8 Å². The highest BCUT2D eigenvalue weighted by Crippen LogP contribution is 2.10. The van der Waals surface area contributed by atoms with Crippen LogP contribution in [0.5, 0.6) is 0 Å². The molecule has 0 saturated heterocycles. The van der Waals surface area contributed by atoms with Crippen molar-refractivity contribution < 1.29 is 8.42 Å². The molecule has 0 rings (SSSR count). The Morgan fingerprint density at radius 2 is 1.73 bits per heavy atom. The van der Waals surface area contributed by atoms with Crippen LogP contribution in [0, 0.1) is 0 Å². The molecule has 0 saturated carbocycles. The zero-order chi connectivity index (χ0) is 8.04. The van der Waals surface area contributed by atoms with Gasteiger partial charge in [-0.3, -0.25) is 0 Å². The maximum Gasteiger partial charge on any atom is 0.202 e. The van der Waals surface area contributed by atoms with E-state index in [1.165, 1.54) is 0 Å².